The Labute approximate surface area is 127 Å². The number of pyridine rings is 2. The largest absolute Gasteiger partial charge is 0.479 e. The lowest BCUT2D eigenvalue weighted by molar-refractivity contribution is 0.402. The third-order valence-electron chi connectivity index (χ3n) is 3.07. The molecule has 0 unspecified atom stereocenters. The average Bonchev–Trinajstić information content (AvgIpc) is 2.55. The molecule has 0 spiro atoms. The number of hydrogen-bond acceptors (Lipinski definition) is 5. The predicted octanol–water partition coefficient (Wildman–Crippen LogP) is 4.15. The minimum absolute atomic E-state index is 0.496. The Kier molecular flexibility index (Phi) is 3.92. The Hall–Kier alpha value is -2.27. The van der Waals surface area contributed by atoms with Crippen molar-refractivity contribution in [3.63, 3.8) is 0 Å². The van der Waals surface area contributed by atoms with Crippen molar-refractivity contribution < 1.29 is 9.47 Å². The van der Waals surface area contributed by atoms with Gasteiger partial charge in [0.05, 0.1) is 12.5 Å². The zero-order chi connectivity index (χ0) is 14.7. The lowest BCUT2D eigenvalue weighted by Gasteiger charge is -2.10. The van der Waals surface area contributed by atoms with E-state index in [9.17, 15) is 0 Å². The molecule has 21 heavy (non-hydrogen) atoms. The molecule has 0 aliphatic carbocycles. The van der Waals surface area contributed by atoms with Gasteiger partial charge < -0.3 is 9.47 Å². The number of benzene rings is 1. The summed E-state index contributed by atoms with van der Waals surface area (Å²) >= 11 is 1.70. The molecular weight excluding hydrogens is 284 g/mol. The number of nitrogens with zero attached hydrogens (tertiary/aromatic N) is 2. The van der Waals surface area contributed by atoms with Crippen LogP contribution in [0.1, 0.15) is 0 Å². The summed E-state index contributed by atoms with van der Waals surface area (Å²) in [6.45, 7) is 0. The first-order valence-electron chi connectivity index (χ1n) is 6.41. The molecule has 0 bridgehead atoms. The van der Waals surface area contributed by atoms with Crippen LogP contribution in [0.4, 0.5) is 0 Å². The Morgan fingerprint density at radius 1 is 0.952 bits per heavy atom. The summed E-state index contributed by atoms with van der Waals surface area (Å²) in [4.78, 5) is 9.67. The first-order valence-corrected chi connectivity index (χ1v) is 7.64. The van der Waals surface area contributed by atoms with Gasteiger partial charge in [0.1, 0.15) is 17.0 Å². The van der Waals surface area contributed by atoms with E-state index < -0.39 is 0 Å². The van der Waals surface area contributed by atoms with Crippen molar-refractivity contribution in [2.24, 2.45) is 0 Å². The maximum atomic E-state index is 5.96. The molecule has 106 valence electrons. The highest BCUT2D eigenvalue weighted by atomic mass is 32.2. The van der Waals surface area contributed by atoms with Crippen molar-refractivity contribution in [3.8, 4) is 17.4 Å². The van der Waals surface area contributed by atoms with Gasteiger partial charge in [0.2, 0.25) is 5.88 Å². The summed E-state index contributed by atoms with van der Waals surface area (Å²) < 4.78 is 11.2. The minimum Gasteiger partial charge on any atom is -0.479 e. The number of hydrogen-bond donors (Lipinski definition) is 0. The highest BCUT2D eigenvalue weighted by molar-refractivity contribution is 7.98. The molecule has 0 fully saturated rings. The summed E-state index contributed by atoms with van der Waals surface area (Å²) in [7, 11) is 1.58. The van der Waals surface area contributed by atoms with Gasteiger partial charge in [-0.05, 0) is 42.7 Å². The molecule has 1 aromatic carbocycles. The Morgan fingerprint density at radius 2 is 1.71 bits per heavy atom. The van der Waals surface area contributed by atoms with E-state index in [0.717, 1.165) is 16.9 Å². The molecular formula is C16H14N2O2S. The van der Waals surface area contributed by atoms with E-state index in [1.54, 1.807) is 31.3 Å². The second kappa shape index (κ2) is 6.01. The van der Waals surface area contributed by atoms with Crippen LogP contribution in [0.25, 0.3) is 10.9 Å². The van der Waals surface area contributed by atoms with Crippen molar-refractivity contribution in [2.75, 3.05) is 13.4 Å². The van der Waals surface area contributed by atoms with Crippen LogP contribution in [0, 0.1) is 0 Å². The van der Waals surface area contributed by atoms with E-state index >= 15 is 0 Å². The summed E-state index contributed by atoms with van der Waals surface area (Å²) in [6.07, 6.45) is 5.43. The highest BCUT2D eigenvalue weighted by Gasteiger charge is 2.09. The molecule has 3 rings (SSSR count). The molecule has 3 aromatic rings. The Balaban J connectivity index is 2.00. The van der Waals surface area contributed by atoms with Gasteiger partial charge in [-0.2, -0.15) is 0 Å². The maximum absolute atomic E-state index is 5.96. The number of ether oxygens (including phenoxy) is 2. The van der Waals surface area contributed by atoms with Crippen molar-refractivity contribution in [2.45, 2.75) is 4.90 Å². The molecule has 5 heteroatoms. The second-order valence-corrected chi connectivity index (χ2v) is 5.18. The monoisotopic (exact) mass is 298 g/mol. The number of methoxy groups -OCH3 is 1. The summed E-state index contributed by atoms with van der Waals surface area (Å²) in [5.41, 5.74) is 0.693. The topological polar surface area (TPSA) is 44.2 Å². The van der Waals surface area contributed by atoms with E-state index in [2.05, 4.69) is 9.97 Å². The normalized spacial score (nSPS) is 10.6. The molecule has 0 N–H and O–H groups in total. The summed E-state index contributed by atoms with van der Waals surface area (Å²) in [5, 5.41) is 0.873. The van der Waals surface area contributed by atoms with E-state index in [1.807, 2.05) is 42.7 Å². The first kappa shape index (κ1) is 13.7. The summed E-state index contributed by atoms with van der Waals surface area (Å²) in [6, 6.07) is 11.7. The first-order chi connectivity index (χ1) is 10.3. The zero-order valence-corrected chi connectivity index (χ0v) is 12.6. The predicted molar refractivity (Wildman–Crippen MR) is 84.4 cm³/mol. The van der Waals surface area contributed by atoms with Gasteiger partial charge in [-0.3, -0.25) is 4.98 Å². The molecule has 0 aliphatic rings. The van der Waals surface area contributed by atoms with Gasteiger partial charge in [-0.1, -0.05) is 0 Å². The standard InChI is InChI=1S/C16H14N2O2S/c1-19-16-15-13(7-9-18-16)14(8-10-17-15)20-11-3-5-12(21-2)6-4-11/h3-10H,1-2H3. The number of thioether (sulfide) groups is 1. The lowest BCUT2D eigenvalue weighted by Crippen LogP contribution is -1.93. The number of fused-ring (bicyclic) bond motifs is 1. The number of rotatable bonds is 4. The molecule has 0 amide bonds. The van der Waals surface area contributed by atoms with E-state index in [4.69, 9.17) is 9.47 Å². The summed E-state index contributed by atoms with van der Waals surface area (Å²) in [5.74, 6) is 2.02. The van der Waals surface area contributed by atoms with Crippen molar-refractivity contribution in [1.82, 2.24) is 9.97 Å². The minimum atomic E-state index is 0.496. The molecule has 4 nitrogen and oxygen atoms in total. The smallest absolute Gasteiger partial charge is 0.240 e. The van der Waals surface area contributed by atoms with E-state index in [-0.39, 0.29) is 0 Å². The van der Waals surface area contributed by atoms with Gasteiger partial charge in [0.15, 0.2) is 0 Å². The fourth-order valence-electron chi connectivity index (χ4n) is 2.04. The third-order valence-corrected chi connectivity index (χ3v) is 3.81. The van der Waals surface area contributed by atoms with Gasteiger partial charge in [0, 0.05) is 17.3 Å². The fraction of sp³-hybridized carbons (Fsp3) is 0.125. The SMILES string of the molecule is COc1nccc2c(Oc3ccc(SC)cc3)ccnc12. The quantitative estimate of drug-likeness (QED) is 0.677. The van der Waals surface area contributed by atoms with Gasteiger partial charge in [0.25, 0.3) is 0 Å². The molecule has 0 atom stereocenters. The maximum Gasteiger partial charge on any atom is 0.240 e. The van der Waals surface area contributed by atoms with Gasteiger partial charge in [-0.15, -0.1) is 11.8 Å². The van der Waals surface area contributed by atoms with Crippen LogP contribution < -0.4 is 9.47 Å². The molecule has 0 radical (unpaired) electrons. The average molecular weight is 298 g/mol. The Bertz CT molecular complexity index is 760. The molecule has 2 aromatic heterocycles. The van der Waals surface area contributed by atoms with Crippen molar-refractivity contribution in [3.05, 3.63) is 48.8 Å². The van der Waals surface area contributed by atoms with Crippen LogP contribution in [-0.4, -0.2) is 23.3 Å². The lowest BCUT2D eigenvalue weighted by atomic mass is 10.2. The number of aromatic nitrogens is 2. The molecule has 0 saturated heterocycles. The van der Waals surface area contributed by atoms with Crippen LogP contribution in [0.3, 0.4) is 0 Å². The molecule has 2 heterocycles. The molecule has 0 aliphatic heterocycles. The van der Waals surface area contributed by atoms with Crippen LogP contribution >= 0.6 is 11.8 Å². The second-order valence-electron chi connectivity index (χ2n) is 4.30. The third kappa shape index (κ3) is 2.78. The van der Waals surface area contributed by atoms with Crippen LogP contribution in [0.15, 0.2) is 53.7 Å². The zero-order valence-electron chi connectivity index (χ0n) is 11.7. The van der Waals surface area contributed by atoms with Crippen molar-refractivity contribution in [1.29, 1.82) is 0 Å². The fourth-order valence-corrected chi connectivity index (χ4v) is 2.45. The van der Waals surface area contributed by atoms with Gasteiger partial charge in [-0.25, -0.2) is 4.98 Å². The highest BCUT2D eigenvalue weighted by Crippen LogP contribution is 2.32. The molecule has 0 saturated carbocycles. The van der Waals surface area contributed by atoms with E-state index in [1.165, 1.54) is 4.90 Å². The van der Waals surface area contributed by atoms with E-state index in [0.29, 0.717) is 11.4 Å². The van der Waals surface area contributed by atoms with Gasteiger partial charge >= 0.3 is 0 Å². The Morgan fingerprint density at radius 3 is 2.43 bits per heavy atom. The van der Waals surface area contributed by atoms with Crippen LogP contribution in [-0.2, 0) is 0 Å². The van der Waals surface area contributed by atoms with Crippen molar-refractivity contribution >= 4 is 22.7 Å². The van der Waals surface area contributed by atoms with Crippen LogP contribution in [0.2, 0.25) is 0 Å². The van der Waals surface area contributed by atoms with Crippen LogP contribution in [0.5, 0.6) is 17.4 Å².